The van der Waals surface area contributed by atoms with E-state index in [0.717, 1.165) is 25.3 Å². The smallest absolute Gasteiger partial charge is 0.326 e. The minimum Gasteiger partial charge on any atom is -0.480 e. The summed E-state index contributed by atoms with van der Waals surface area (Å²) in [4.78, 5) is 20.4. The van der Waals surface area contributed by atoms with Gasteiger partial charge in [0.15, 0.2) is 5.82 Å². The monoisotopic (exact) mass is 338 g/mol. The van der Waals surface area contributed by atoms with E-state index in [9.17, 15) is 9.90 Å². The molecule has 0 spiro atoms. The summed E-state index contributed by atoms with van der Waals surface area (Å²) in [5.74, 6) is 1.12. The lowest BCUT2D eigenvalue weighted by Gasteiger charge is -2.42. The number of rotatable bonds is 6. The molecule has 134 valence electrons. The van der Waals surface area contributed by atoms with Gasteiger partial charge in [0, 0.05) is 45.6 Å². The molecule has 8 nitrogen and oxygen atoms in total. The molecular formula is C16H26N4O4. The van der Waals surface area contributed by atoms with Crippen molar-refractivity contribution in [1.29, 1.82) is 0 Å². The SMILES string of the molecule is CC(C)Cc1noc(CN2CCN(C3(C(=O)O)CCOC3)CC2)n1. The molecule has 3 rings (SSSR count). The Morgan fingerprint density at radius 3 is 2.67 bits per heavy atom. The topological polar surface area (TPSA) is 91.9 Å². The molecule has 1 unspecified atom stereocenters. The van der Waals surface area contributed by atoms with E-state index in [-0.39, 0.29) is 6.61 Å². The van der Waals surface area contributed by atoms with E-state index in [1.54, 1.807) is 0 Å². The molecule has 1 aromatic rings. The zero-order valence-electron chi connectivity index (χ0n) is 14.4. The van der Waals surface area contributed by atoms with Crippen molar-refractivity contribution in [3.05, 3.63) is 11.7 Å². The molecule has 2 saturated heterocycles. The summed E-state index contributed by atoms with van der Waals surface area (Å²) < 4.78 is 10.7. The fraction of sp³-hybridized carbons (Fsp3) is 0.812. The average molecular weight is 338 g/mol. The molecule has 1 aromatic heterocycles. The summed E-state index contributed by atoms with van der Waals surface area (Å²) in [6, 6.07) is 0. The van der Waals surface area contributed by atoms with Gasteiger partial charge in [0.2, 0.25) is 5.89 Å². The lowest BCUT2D eigenvalue weighted by atomic mass is 9.95. The summed E-state index contributed by atoms with van der Waals surface area (Å²) in [5, 5.41) is 13.6. The van der Waals surface area contributed by atoms with Crippen LogP contribution in [0, 0.1) is 5.92 Å². The van der Waals surface area contributed by atoms with Crippen LogP contribution in [0.5, 0.6) is 0 Å². The van der Waals surface area contributed by atoms with Crippen molar-refractivity contribution in [2.24, 2.45) is 5.92 Å². The summed E-state index contributed by atoms with van der Waals surface area (Å²) in [6.07, 6.45) is 1.38. The fourth-order valence-corrected chi connectivity index (χ4v) is 3.44. The standard InChI is InChI=1S/C16H26N4O4/c1-12(2)9-13-17-14(24-18-13)10-19-4-6-20(7-5-19)16(15(21)22)3-8-23-11-16/h12H,3-11H2,1-2H3,(H,21,22). The van der Waals surface area contributed by atoms with Crippen LogP contribution < -0.4 is 0 Å². The summed E-state index contributed by atoms with van der Waals surface area (Å²) in [5.41, 5.74) is -0.846. The number of hydrogen-bond donors (Lipinski definition) is 1. The van der Waals surface area contributed by atoms with Crippen LogP contribution in [0.2, 0.25) is 0 Å². The van der Waals surface area contributed by atoms with E-state index in [4.69, 9.17) is 9.26 Å². The summed E-state index contributed by atoms with van der Waals surface area (Å²) >= 11 is 0. The van der Waals surface area contributed by atoms with Crippen LogP contribution in [0.15, 0.2) is 4.52 Å². The first-order chi connectivity index (χ1) is 11.5. The van der Waals surface area contributed by atoms with Crippen molar-refractivity contribution in [3.63, 3.8) is 0 Å². The number of piperazine rings is 1. The Bertz CT molecular complexity index is 560. The number of carboxylic acid groups (broad SMARTS) is 1. The van der Waals surface area contributed by atoms with Crippen LogP contribution in [-0.4, -0.2) is 75.9 Å². The maximum Gasteiger partial charge on any atom is 0.326 e. The lowest BCUT2D eigenvalue weighted by molar-refractivity contribution is -0.153. The molecular weight excluding hydrogens is 312 g/mol. The van der Waals surface area contributed by atoms with Crippen LogP contribution in [0.3, 0.4) is 0 Å². The zero-order chi connectivity index (χ0) is 17.2. The van der Waals surface area contributed by atoms with E-state index in [2.05, 4.69) is 33.8 Å². The highest BCUT2D eigenvalue weighted by atomic mass is 16.5. The van der Waals surface area contributed by atoms with Crippen LogP contribution >= 0.6 is 0 Å². The van der Waals surface area contributed by atoms with Gasteiger partial charge in [-0.2, -0.15) is 4.98 Å². The zero-order valence-corrected chi connectivity index (χ0v) is 14.4. The first-order valence-electron chi connectivity index (χ1n) is 8.59. The molecule has 2 aliphatic rings. The Labute approximate surface area is 141 Å². The first kappa shape index (κ1) is 17.3. The third-order valence-electron chi connectivity index (χ3n) is 4.84. The predicted molar refractivity (Wildman–Crippen MR) is 85.5 cm³/mol. The average Bonchev–Trinajstić information content (AvgIpc) is 3.18. The van der Waals surface area contributed by atoms with Crippen molar-refractivity contribution in [2.45, 2.75) is 38.8 Å². The van der Waals surface area contributed by atoms with Gasteiger partial charge in [0.05, 0.1) is 13.2 Å². The number of hydrogen-bond acceptors (Lipinski definition) is 7. The highest BCUT2D eigenvalue weighted by Crippen LogP contribution is 2.28. The molecule has 1 N–H and O–H groups in total. The normalized spacial score (nSPS) is 26.3. The second-order valence-corrected chi connectivity index (χ2v) is 7.10. The van der Waals surface area contributed by atoms with Crippen molar-refractivity contribution in [2.75, 3.05) is 39.4 Å². The number of carboxylic acids is 1. The minimum atomic E-state index is -0.846. The largest absolute Gasteiger partial charge is 0.480 e. The van der Waals surface area contributed by atoms with E-state index >= 15 is 0 Å². The van der Waals surface area contributed by atoms with Crippen molar-refractivity contribution in [1.82, 2.24) is 19.9 Å². The fourth-order valence-electron chi connectivity index (χ4n) is 3.44. The number of aliphatic carboxylic acids is 1. The molecule has 24 heavy (non-hydrogen) atoms. The third-order valence-corrected chi connectivity index (χ3v) is 4.84. The highest BCUT2D eigenvalue weighted by Gasteiger charge is 2.48. The lowest BCUT2D eigenvalue weighted by Crippen LogP contribution is -2.61. The van der Waals surface area contributed by atoms with Crippen molar-refractivity contribution in [3.8, 4) is 0 Å². The van der Waals surface area contributed by atoms with E-state index in [1.807, 2.05) is 0 Å². The second-order valence-electron chi connectivity index (χ2n) is 7.10. The van der Waals surface area contributed by atoms with Crippen molar-refractivity contribution >= 4 is 5.97 Å². The van der Waals surface area contributed by atoms with Crippen molar-refractivity contribution < 1.29 is 19.2 Å². The predicted octanol–water partition coefficient (Wildman–Crippen LogP) is 0.629. The molecule has 3 heterocycles. The van der Waals surface area contributed by atoms with Crippen LogP contribution in [-0.2, 0) is 22.5 Å². The maximum absolute atomic E-state index is 11.7. The summed E-state index contributed by atoms with van der Waals surface area (Å²) in [7, 11) is 0. The molecule has 0 radical (unpaired) electrons. The van der Waals surface area contributed by atoms with Gasteiger partial charge >= 0.3 is 5.97 Å². The Hall–Kier alpha value is -1.51. The quantitative estimate of drug-likeness (QED) is 0.807. The van der Waals surface area contributed by atoms with Crippen LogP contribution in [0.25, 0.3) is 0 Å². The van der Waals surface area contributed by atoms with E-state index in [1.165, 1.54) is 0 Å². The molecule has 0 saturated carbocycles. The highest BCUT2D eigenvalue weighted by molar-refractivity contribution is 5.79. The van der Waals surface area contributed by atoms with Gasteiger partial charge < -0.3 is 14.4 Å². The first-order valence-corrected chi connectivity index (χ1v) is 8.59. The van der Waals surface area contributed by atoms with Gasteiger partial charge in [0.25, 0.3) is 0 Å². The van der Waals surface area contributed by atoms with E-state index in [0.29, 0.717) is 44.5 Å². The Kier molecular flexibility index (Phi) is 5.17. The third kappa shape index (κ3) is 3.60. The Morgan fingerprint density at radius 2 is 2.08 bits per heavy atom. The summed E-state index contributed by atoms with van der Waals surface area (Å²) in [6.45, 7) is 8.67. The molecule has 0 aromatic carbocycles. The van der Waals surface area contributed by atoms with Gasteiger partial charge in [-0.25, -0.2) is 0 Å². The van der Waals surface area contributed by atoms with Crippen LogP contribution in [0.1, 0.15) is 32.0 Å². The maximum atomic E-state index is 11.7. The Morgan fingerprint density at radius 1 is 1.33 bits per heavy atom. The number of ether oxygens (including phenoxy) is 1. The van der Waals surface area contributed by atoms with Gasteiger partial charge in [-0.05, 0) is 5.92 Å². The molecule has 2 fully saturated rings. The molecule has 1 atom stereocenters. The molecule has 0 aliphatic carbocycles. The minimum absolute atomic E-state index is 0.282. The van der Waals surface area contributed by atoms with E-state index < -0.39 is 11.5 Å². The van der Waals surface area contributed by atoms with Gasteiger partial charge in [-0.1, -0.05) is 19.0 Å². The molecule has 8 heteroatoms. The van der Waals surface area contributed by atoms with Gasteiger partial charge in [0.1, 0.15) is 5.54 Å². The van der Waals surface area contributed by atoms with Crippen LogP contribution in [0.4, 0.5) is 0 Å². The van der Waals surface area contributed by atoms with Gasteiger partial charge in [-0.15, -0.1) is 0 Å². The van der Waals surface area contributed by atoms with Gasteiger partial charge in [-0.3, -0.25) is 14.6 Å². The Balaban J connectivity index is 1.53. The number of nitrogens with zero attached hydrogens (tertiary/aromatic N) is 4. The number of aromatic nitrogens is 2. The molecule has 0 amide bonds. The second kappa shape index (κ2) is 7.16. The molecule has 2 aliphatic heterocycles. The number of carbonyl (C=O) groups is 1. The molecule has 0 bridgehead atoms.